The van der Waals surface area contributed by atoms with Gasteiger partial charge >= 0.3 is 0 Å². The largest absolute Gasteiger partial charge is 0.348 e. The number of hydrogen-bond acceptors (Lipinski definition) is 4. The highest BCUT2D eigenvalue weighted by atomic mass is 32.2. The van der Waals surface area contributed by atoms with Crippen molar-refractivity contribution in [2.75, 3.05) is 23.7 Å². The van der Waals surface area contributed by atoms with E-state index >= 15 is 0 Å². The number of sulfonamides is 1. The van der Waals surface area contributed by atoms with Crippen LogP contribution in [0.3, 0.4) is 0 Å². The van der Waals surface area contributed by atoms with Gasteiger partial charge in [0.15, 0.2) is 0 Å². The number of rotatable bonds is 9. The SMILES string of the molecule is Cc1ccc(N(Cc2ccc(C(=O)NCc3cccc(CN4CCCCC4)c3)cc2)S(C)(=O)=O)cc1C. The van der Waals surface area contributed by atoms with Crippen LogP contribution in [0, 0.1) is 13.8 Å². The van der Waals surface area contributed by atoms with E-state index in [0.717, 1.165) is 41.9 Å². The van der Waals surface area contributed by atoms with Crippen molar-refractivity contribution in [2.45, 2.75) is 52.7 Å². The summed E-state index contributed by atoms with van der Waals surface area (Å²) in [6, 6.07) is 21.2. The molecule has 1 saturated heterocycles. The Labute approximate surface area is 221 Å². The second-order valence-corrected chi connectivity index (χ2v) is 12.0. The molecule has 0 spiro atoms. The van der Waals surface area contributed by atoms with Gasteiger partial charge in [0.1, 0.15) is 0 Å². The molecule has 37 heavy (non-hydrogen) atoms. The van der Waals surface area contributed by atoms with Crippen molar-refractivity contribution in [3.8, 4) is 0 Å². The van der Waals surface area contributed by atoms with Crippen molar-refractivity contribution in [1.82, 2.24) is 10.2 Å². The number of benzene rings is 3. The Morgan fingerprint density at radius 2 is 1.57 bits per heavy atom. The molecule has 0 aromatic heterocycles. The van der Waals surface area contributed by atoms with E-state index in [9.17, 15) is 13.2 Å². The van der Waals surface area contributed by atoms with Crippen LogP contribution in [0.5, 0.6) is 0 Å². The van der Waals surface area contributed by atoms with Crippen molar-refractivity contribution < 1.29 is 13.2 Å². The molecule has 7 heteroatoms. The van der Waals surface area contributed by atoms with Gasteiger partial charge in [-0.3, -0.25) is 14.0 Å². The minimum Gasteiger partial charge on any atom is -0.348 e. The topological polar surface area (TPSA) is 69.7 Å². The summed E-state index contributed by atoms with van der Waals surface area (Å²) >= 11 is 0. The van der Waals surface area contributed by atoms with Gasteiger partial charge in [-0.15, -0.1) is 0 Å². The highest BCUT2D eigenvalue weighted by molar-refractivity contribution is 7.92. The number of hydrogen-bond donors (Lipinski definition) is 1. The van der Waals surface area contributed by atoms with E-state index in [-0.39, 0.29) is 12.5 Å². The van der Waals surface area contributed by atoms with Gasteiger partial charge in [-0.05, 0) is 91.9 Å². The summed E-state index contributed by atoms with van der Waals surface area (Å²) in [7, 11) is -3.47. The molecule has 4 rings (SSSR count). The van der Waals surface area contributed by atoms with E-state index in [0.29, 0.717) is 17.8 Å². The molecule has 0 saturated carbocycles. The number of carbonyl (C=O) groups excluding carboxylic acids is 1. The highest BCUT2D eigenvalue weighted by Crippen LogP contribution is 2.24. The molecule has 0 unspecified atom stereocenters. The molecule has 3 aromatic rings. The molecular formula is C30H37N3O3S. The number of aryl methyl sites for hydroxylation is 2. The fourth-order valence-corrected chi connectivity index (χ4v) is 5.59. The lowest BCUT2D eigenvalue weighted by atomic mass is 10.1. The zero-order valence-electron chi connectivity index (χ0n) is 22.0. The van der Waals surface area contributed by atoms with Gasteiger partial charge in [-0.25, -0.2) is 8.42 Å². The van der Waals surface area contributed by atoms with Crippen molar-refractivity contribution in [3.63, 3.8) is 0 Å². The van der Waals surface area contributed by atoms with Crippen molar-refractivity contribution in [1.29, 1.82) is 0 Å². The number of piperidine rings is 1. The van der Waals surface area contributed by atoms with Crippen molar-refractivity contribution in [3.05, 3.63) is 100 Å². The first-order valence-electron chi connectivity index (χ1n) is 12.9. The summed E-state index contributed by atoms with van der Waals surface area (Å²) in [4.78, 5) is 15.3. The van der Waals surface area contributed by atoms with Crippen LogP contribution in [0.1, 0.15) is 57.4 Å². The van der Waals surface area contributed by atoms with Gasteiger partial charge in [0.25, 0.3) is 5.91 Å². The summed E-state index contributed by atoms with van der Waals surface area (Å²) in [5.74, 6) is -0.151. The highest BCUT2D eigenvalue weighted by Gasteiger charge is 2.19. The third-order valence-electron chi connectivity index (χ3n) is 7.02. The maximum Gasteiger partial charge on any atom is 0.251 e. The van der Waals surface area contributed by atoms with E-state index in [4.69, 9.17) is 0 Å². The van der Waals surface area contributed by atoms with Gasteiger partial charge in [0.2, 0.25) is 10.0 Å². The second kappa shape index (κ2) is 11.9. The third-order valence-corrected chi connectivity index (χ3v) is 8.16. The van der Waals surface area contributed by atoms with E-state index in [1.165, 1.54) is 35.4 Å². The zero-order chi connectivity index (χ0) is 26.4. The first-order valence-corrected chi connectivity index (χ1v) is 14.8. The van der Waals surface area contributed by atoms with Gasteiger partial charge in [0.05, 0.1) is 18.5 Å². The smallest absolute Gasteiger partial charge is 0.251 e. The number of carbonyl (C=O) groups is 1. The van der Waals surface area contributed by atoms with Crippen LogP contribution in [0.25, 0.3) is 0 Å². The number of anilines is 1. The lowest BCUT2D eigenvalue weighted by Crippen LogP contribution is -2.29. The Kier molecular flexibility index (Phi) is 8.67. The van der Waals surface area contributed by atoms with Crippen LogP contribution >= 0.6 is 0 Å². The Morgan fingerprint density at radius 3 is 2.24 bits per heavy atom. The molecule has 1 heterocycles. The number of amides is 1. The van der Waals surface area contributed by atoms with Crippen LogP contribution in [0.15, 0.2) is 66.7 Å². The third kappa shape index (κ3) is 7.43. The molecule has 1 amide bonds. The standard InChI is InChI=1S/C30H37N3O3S/c1-23-10-15-29(18-24(23)2)33(37(3,35)36)22-25-11-13-28(14-12-25)30(34)31-20-26-8-7-9-27(19-26)21-32-16-5-4-6-17-32/h7-15,18-19H,4-6,16-17,20-22H2,1-3H3,(H,31,34). The van der Waals surface area contributed by atoms with Gasteiger partial charge in [0, 0.05) is 18.7 Å². The van der Waals surface area contributed by atoms with Crippen LogP contribution in [-0.4, -0.2) is 38.6 Å². The lowest BCUT2D eigenvalue weighted by Gasteiger charge is -2.26. The summed E-state index contributed by atoms with van der Waals surface area (Å²) in [6.07, 6.45) is 5.08. The van der Waals surface area contributed by atoms with E-state index in [1.54, 1.807) is 12.1 Å². The minimum absolute atomic E-state index is 0.151. The molecule has 3 aromatic carbocycles. The summed E-state index contributed by atoms with van der Waals surface area (Å²) < 4.78 is 26.4. The molecule has 0 bridgehead atoms. The fourth-order valence-electron chi connectivity index (χ4n) is 4.71. The van der Waals surface area contributed by atoms with Crippen molar-refractivity contribution >= 4 is 21.6 Å². The zero-order valence-corrected chi connectivity index (χ0v) is 22.9. The van der Waals surface area contributed by atoms with E-state index < -0.39 is 10.0 Å². The van der Waals surface area contributed by atoms with Crippen molar-refractivity contribution in [2.24, 2.45) is 0 Å². The number of likely N-dealkylation sites (tertiary alicyclic amines) is 1. The average Bonchev–Trinajstić information content (AvgIpc) is 2.88. The Bertz CT molecular complexity index is 1330. The maximum atomic E-state index is 12.8. The van der Waals surface area contributed by atoms with Gasteiger partial charge in [-0.1, -0.05) is 48.9 Å². The van der Waals surface area contributed by atoms with Crippen LogP contribution in [-0.2, 0) is 29.7 Å². The van der Waals surface area contributed by atoms with Gasteiger partial charge in [-0.2, -0.15) is 0 Å². The average molecular weight is 520 g/mol. The maximum absolute atomic E-state index is 12.8. The Hall–Kier alpha value is -3.16. The minimum atomic E-state index is -3.47. The molecule has 196 valence electrons. The lowest BCUT2D eigenvalue weighted by molar-refractivity contribution is 0.0951. The fraction of sp³-hybridized carbons (Fsp3) is 0.367. The predicted octanol–water partition coefficient (Wildman–Crippen LogP) is 5.19. The molecule has 0 radical (unpaired) electrons. The summed E-state index contributed by atoms with van der Waals surface area (Å²) in [5, 5.41) is 3.01. The quantitative estimate of drug-likeness (QED) is 0.423. The molecule has 1 fully saturated rings. The number of nitrogens with one attached hydrogen (secondary N) is 1. The first-order chi connectivity index (χ1) is 17.7. The van der Waals surface area contributed by atoms with Crippen LogP contribution < -0.4 is 9.62 Å². The Balaban J connectivity index is 1.37. The molecule has 0 aliphatic carbocycles. The molecule has 1 aliphatic rings. The molecule has 1 N–H and O–H groups in total. The molecular weight excluding hydrogens is 482 g/mol. The predicted molar refractivity (Wildman–Crippen MR) is 150 cm³/mol. The van der Waals surface area contributed by atoms with Gasteiger partial charge < -0.3 is 5.32 Å². The number of nitrogens with zero attached hydrogens (tertiary/aromatic N) is 2. The molecule has 0 atom stereocenters. The summed E-state index contributed by atoms with van der Waals surface area (Å²) in [6.45, 7) is 7.90. The van der Waals surface area contributed by atoms with Crippen LogP contribution in [0.2, 0.25) is 0 Å². The second-order valence-electron chi connectivity index (χ2n) is 10.1. The van der Waals surface area contributed by atoms with E-state index in [2.05, 4.69) is 28.4 Å². The summed E-state index contributed by atoms with van der Waals surface area (Å²) in [5.41, 5.74) is 6.50. The van der Waals surface area contributed by atoms with Crippen LogP contribution in [0.4, 0.5) is 5.69 Å². The monoisotopic (exact) mass is 519 g/mol. The Morgan fingerprint density at radius 1 is 0.865 bits per heavy atom. The normalized spacial score (nSPS) is 14.4. The molecule has 1 aliphatic heterocycles. The molecule has 6 nitrogen and oxygen atoms in total. The van der Waals surface area contributed by atoms with E-state index in [1.807, 2.05) is 50.2 Å². The first kappa shape index (κ1) is 26.9.